The van der Waals surface area contributed by atoms with E-state index in [9.17, 15) is 13.6 Å². The molecule has 2 aromatic rings. The molecule has 0 unspecified atom stereocenters. The van der Waals surface area contributed by atoms with E-state index in [1.807, 2.05) is 0 Å². The van der Waals surface area contributed by atoms with Gasteiger partial charge in [0.05, 0.1) is 5.54 Å². The van der Waals surface area contributed by atoms with E-state index in [0.717, 1.165) is 17.1 Å². The van der Waals surface area contributed by atoms with Gasteiger partial charge in [0.1, 0.15) is 5.01 Å². The molecule has 19 heavy (non-hydrogen) atoms. The lowest BCUT2D eigenvalue weighted by atomic mass is 10.1. The van der Waals surface area contributed by atoms with E-state index in [-0.39, 0.29) is 5.56 Å². The fraction of sp³-hybridized carbons (Fsp3) is 0.231. The van der Waals surface area contributed by atoms with E-state index in [2.05, 4.69) is 10.3 Å². The Hall–Kier alpha value is -1.82. The van der Waals surface area contributed by atoms with E-state index in [1.54, 1.807) is 25.4 Å². The van der Waals surface area contributed by atoms with Gasteiger partial charge in [-0.05, 0) is 32.0 Å². The highest BCUT2D eigenvalue weighted by atomic mass is 32.1. The minimum absolute atomic E-state index is 0.0727. The van der Waals surface area contributed by atoms with Gasteiger partial charge in [0, 0.05) is 17.1 Å². The van der Waals surface area contributed by atoms with Gasteiger partial charge >= 0.3 is 0 Å². The second kappa shape index (κ2) is 5.05. The van der Waals surface area contributed by atoms with Crippen LogP contribution >= 0.6 is 11.3 Å². The lowest BCUT2D eigenvalue weighted by Gasteiger charge is -2.23. The molecule has 1 N–H and O–H groups in total. The summed E-state index contributed by atoms with van der Waals surface area (Å²) < 4.78 is 25.9. The fourth-order valence-electron chi connectivity index (χ4n) is 1.58. The second-order valence-corrected chi connectivity index (χ2v) is 5.44. The lowest BCUT2D eigenvalue weighted by molar-refractivity contribution is 0.0911. The third kappa shape index (κ3) is 2.96. The molecule has 1 aromatic carbocycles. The lowest BCUT2D eigenvalue weighted by Crippen LogP contribution is -2.40. The molecule has 0 atom stereocenters. The van der Waals surface area contributed by atoms with Crippen molar-refractivity contribution in [1.82, 2.24) is 10.3 Å². The fourth-order valence-corrected chi connectivity index (χ4v) is 2.30. The number of rotatable bonds is 3. The van der Waals surface area contributed by atoms with Crippen molar-refractivity contribution in [1.29, 1.82) is 0 Å². The second-order valence-electron chi connectivity index (χ2n) is 4.55. The Morgan fingerprint density at radius 2 is 2.05 bits per heavy atom. The Morgan fingerprint density at radius 3 is 2.63 bits per heavy atom. The highest BCUT2D eigenvalue weighted by Crippen LogP contribution is 2.22. The highest BCUT2D eigenvalue weighted by Gasteiger charge is 2.26. The first-order chi connectivity index (χ1) is 8.90. The van der Waals surface area contributed by atoms with Gasteiger partial charge in [-0.15, -0.1) is 11.3 Å². The van der Waals surface area contributed by atoms with Crippen molar-refractivity contribution in [3.8, 4) is 0 Å². The van der Waals surface area contributed by atoms with Gasteiger partial charge in [-0.1, -0.05) is 0 Å². The zero-order chi connectivity index (χ0) is 14.0. The summed E-state index contributed by atoms with van der Waals surface area (Å²) in [5.41, 5.74) is -0.598. The number of amides is 1. The number of hydrogen-bond donors (Lipinski definition) is 1. The molecule has 0 bridgehead atoms. The maximum absolute atomic E-state index is 13.1. The van der Waals surface area contributed by atoms with Gasteiger partial charge in [0.25, 0.3) is 5.91 Å². The Balaban J connectivity index is 2.19. The van der Waals surface area contributed by atoms with E-state index in [4.69, 9.17) is 0 Å². The van der Waals surface area contributed by atoms with Crippen LogP contribution in [0.3, 0.4) is 0 Å². The zero-order valence-electron chi connectivity index (χ0n) is 10.4. The molecule has 0 saturated heterocycles. The maximum Gasteiger partial charge on any atom is 0.252 e. The van der Waals surface area contributed by atoms with Crippen molar-refractivity contribution in [3.05, 3.63) is 52.0 Å². The molecule has 0 aliphatic heterocycles. The van der Waals surface area contributed by atoms with Crippen molar-refractivity contribution >= 4 is 17.2 Å². The van der Waals surface area contributed by atoms with E-state index in [1.165, 1.54) is 17.4 Å². The van der Waals surface area contributed by atoms with Gasteiger partial charge in [-0.25, -0.2) is 13.8 Å². The predicted molar refractivity (Wildman–Crippen MR) is 69.0 cm³/mol. The van der Waals surface area contributed by atoms with E-state index in [0.29, 0.717) is 0 Å². The summed E-state index contributed by atoms with van der Waals surface area (Å²) in [6.07, 6.45) is 1.64. The van der Waals surface area contributed by atoms with Crippen molar-refractivity contribution in [2.24, 2.45) is 0 Å². The molecular formula is C13H12F2N2OS. The first-order valence-electron chi connectivity index (χ1n) is 5.58. The molecule has 1 amide bonds. The van der Waals surface area contributed by atoms with Crippen LogP contribution < -0.4 is 5.32 Å². The number of nitrogens with one attached hydrogen (secondary N) is 1. The number of carbonyl (C=O) groups is 1. The Kier molecular flexibility index (Phi) is 3.61. The molecule has 2 rings (SSSR count). The third-order valence-corrected chi connectivity index (χ3v) is 3.67. The van der Waals surface area contributed by atoms with Crippen molar-refractivity contribution < 1.29 is 13.6 Å². The standard InChI is InChI=1S/C13H12F2N2OS/c1-13(2,12-16-5-6-19-12)17-11(18)8-3-4-9(14)10(15)7-8/h3-7H,1-2H3,(H,17,18). The SMILES string of the molecule is CC(C)(NC(=O)c1ccc(F)c(F)c1)c1nccs1. The average molecular weight is 282 g/mol. The molecule has 3 nitrogen and oxygen atoms in total. The van der Waals surface area contributed by atoms with Crippen molar-refractivity contribution in [2.45, 2.75) is 19.4 Å². The molecular weight excluding hydrogens is 270 g/mol. The number of carbonyl (C=O) groups excluding carboxylic acids is 1. The Bertz CT molecular complexity index is 597. The van der Waals surface area contributed by atoms with E-state index >= 15 is 0 Å². The van der Waals surface area contributed by atoms with Crippen LogP contribution in [0.2, 0.25) is 0 Å². The molecule has 0 fully saturated rings. The minimum atomic E-state index is -1.04. The van der Waals surface area contributed by atoms with Crippen molar-refractivity contribution in [3.63, 3.8) is 0 Å². The number of halogens is 2. The summed E-state index contributed by atoms with van der Waals surface area (Å²) in [7, 11) is 0. The number of benzene rings is 1. The Labute approximate surface area is 113 Å². The quantitative estimate of drug-likeness (QED) is 0.940. The monoisotopic (exact) mass is 282 g/mol. The van der Waals surface area contributed by atoms with Gasteiger partial charge < -0.3 is 5.32 Å². The van der Waals surface area contributed by atoms with Crippen molar-refractivity contribution in [2.75, 3.05) is 0 Å². The summed E-state index contributed by atoms with van der Waals surface area (Å²) >= 11 is 1.41. The summed E-state index contributed by atoms with van der Waals surface area (Å²) in [4.78, 5) is 16.1. The smallest absolute Gasteiger partial charge is 0.252 e. The van der Waals surface area contributed by atoms with E-state index < -0.39 is 23.1 Å². The number of thiazole rings is 1. The van der Waals surface area contributed by atoms with Crippen LogP contribution in [0, 0.1) is 11.6 Å². The van der Waals surface area contributed by atoms with Crippen LogP contribution in [0.25, 0.3) is 0 Å². The summed E-state index contributed by atoms with van der Waals surface area (Å²) in [6.45, 7) is 3.59. The first kappa shape index (κ1) is 13.6. The normalized spacial score (nSPS) is 11.4. The molecule has 6 heteroatoms. The van der Waals surface area contributed by atoms with Crippen LogP contribution in [-0.4, -0.2) is 10.9 Å². The number of aromatic nitrogens is 1. The maximum atomic E-state index is 13.1. The van der Waals surface area contributed by atoms with Crippen LogP contribution in [0.5, 0.6) is 0 Å². The number of nitrogens with zero attached hydrogens (tertiary/aromatic N) is 1. The molecule has 1 heterocycles. The number of hydrogen-bond acceptors (Lipinski definition) is 3. The molecule has 100 valence electrons. The third-order valence-electron chi connectivity index (χ3n) is 2.57. The molecule has 0 aliphatic rings. The zero-order valence-corrected chi connectivity index (χ0v) is 11.2. The van der Waals surface area contributed by atoms with Gasteiger partial charge in [-0.3, -0.25) is 4.79 Å². The first-order valence-corrected chi connectivity index (χ1v) is 6.45. The molecule has 0 spiro atoms. The summed E-state index contributed by atoms with van der Waals surface area (Å²) in [6, 6.07) is 3.05. The predicted octanol–water partition coefficient (Wildman–Crippen LogP) is 3.09. The summed E-state index contributed by atoms with van der Waals surface area (Å²) in [5, 5.41) is 5.29. The van der Waals surface area contributed by atoms with Gasteiger partial charge in [0.2, 0.25) is 0 Å². The molecule has 0 saturated carbocycles. The van der Waals surface area contributed by atoms with Crippen LogP contribution in [-0.2, 0) is 5.54 Å². The van der Waals surface area contributed by atoms with Gasteiger partial charge in [-0.2, -0.15) is 0 Å². The van der Waals surface area contributed by atoms with Crippen LogP contribution in [0.1, 0.15) is 29.2 Å². The highest BCUT2D eigenvalue weighted by molar-refractivity contribution is 7.09. The topological polar surface area (TPSA) is 42.0 Å². The van der Waals surface area contributed by atoms with Crippen LogP contribution in [0.4, 0.5) is 8.78 Å². The summed E-state index contributed by atoms with van der Waals surface area (Å²) in [5.74, 6) is -2.49. The molecule has 0 aliphatic carbocycles. The van der Waals surface area contributed by atoms with Gasteiger partial charge in [0.15, 0.2) is 11.6 Å². The largest absolute Gasteiger partial charge is 0.341 e. The minimum Gasteiger partial charge on any atom is -0.341 e. The molecule has 0 radical (unpaired) electrons. The molecule has 1 aromatic heterocycles. The van der Waals surface area contributed by atoms with Crippen LogP contribution in [0.15, 0.2) is 29.8 Å². The average Bonchev–Trinajstić information content (AvgIpc) is 2.86. The Morgan fingerprint density at radius 1 is 1.32 bits per heavy atom.